The number of fused-ring (bicyclic) bond motifs is 1. The maximum absolute atomic E-state index is 11.4. The first-order chi connectivity index (χ1) is 9.43. The maximum Gasteiger partial charge on any atom is 0.325 e. The van der Waals surface area contributed by atoms with Crippen LogP contribution < -0.4 is 0 Å². The lowest BCUT2D eigenvalue weighted by Gasteiger charge is -2.05. The second-order valence-electron chi connectivity index (χ2n) is 4.05. The van der Waals surface area contributed by atoms with Gasteiger partial charge in [-0.3, -0.25) is 9.59 Å². The van der Waals surface area contributed by atoms with Gasteiger partial charge in [-0.05, 0) is 21.5 Å². The van der Waals surface area contributed by atoms with Gasteiger partial charge in [0.05, 0.1) is 19.0 Å². The number of aliphatic carboxylic acids is 1. The largest absolute Gasteiger partial charge is 0.481 e. The third-order valence-corrected chi connectivity index (χ3v) is 3.63. The number of carbonyl (C=O) groups excluding carboxylic acids is 1. The molecular weight excluding hydrogens is 351 g/mol. The molecule has 0 amide bonds. The van der Waals surface area contributed by atoms with Gasteiger partial charge in [-0.25, -0.2) is 4.98 Å². The van der Waals surface area contributed by atoms with Gasteiger partial charge in [-0.15, -0.1) is 0 Å². The molecule has 0 saturated carbocycles. The van der Waals surface area contributed by atoms with Crippen molar-refractivity contribution in [2.24, 2.45) is 0 Å². The molecule has 6 nitrogen and oxygen atoms in total. The average Bonchev–Trinajstić information content (AvgIpc) is 2.72. The fourth-order valence-corrected chi connectivity index (χ4v) is 2.76. The Balaban J connectivity index is 2.66. The highest BCUT2D eigenvalue weighted by Crippen LogP contribution is 2.33. The number of pyridine rings is 1. The molecule has 2 aromatic heterocycles. The van der Waals surface area contributed by atoms with Crippen molar-refractivity contribution in [2.45, 2.75) is 13.0 Å². The molecule has 0 spiro atoms. The van der Waals surface area contributed by atoms with Gasteiger partial charge in [-0.2, -0.15) is 0 Å². The number of ether oxygens (including phenoxy) is 1. The van der Waals surface area contributed by atoms with Crippen molar-refractivity contribution >= 4 is 50.4 Å². The maximum atomic E-state index is 11.4. The minimum Gasteiger partial charge on any atom is -0.481 e. The zero-order valence-corrected chi connectivity index (χ0v) is 12.7. The normalized spacial score (nSPS) is 10.8. The van der Waals surface area contributed by atoms with E-state index in [0.717, 1.165) is 0 Å². The van der Waals surface area contributed by atoms with Crippen molar-refractivity contribution < 1.29 is 19.4 Å². The Kier molecular flexibility index (Phi) is 4.29. The van der Waals surface area contributed by atoms with Crippen molar-refractivity contribution in [3.8, 4) is 0 Å². The Hall–Kier alpha value is -1.60. The van der Waals surface area contributed by atoms with E-state index in [1.54, 1.807) is 10.8 Å². The van der Waals surface area contributed by atoms with Gasteiger partial charge in [0.1, 0.15) is 6.54 Å². The molecule has 20 heavy (non-hydrogen) atoms. The third-order valence-electron chi connectivity index (χ3n) is 2.75. The summed E-state index contributed by atoms with van der Waals surface area (Å²) in [5.41, 5.74) is 1.05. The fraction of sp³-hybridized carbons (Fsp3) is 0.250. The lowest BCUT2D eigenvalue weighted by Crippen LogP contribution is -2.10. The second kappa shape index (κ2) is 5.80. The van der Waals surface area contributed by atoms with Gasteiger partial charge < -0.3 is 14.4 Å². The van der Waals surface area contributed by atoms with Crippen LogP contribution in [0.1, 0.15) is 5.56 Å². The van der Waals surface area contributed by atoms with E-state index in [1.807, 2.05) is 0 Å². The smallest absolute Gasteiger partial charge is 0.325 e. The van der Waals surface area contributed by atoms with E-state index < -0.39 is 11.9 Å². The van der Waals surface area contributed by atoms with Crippen molar-refractivity contribution in [3.63, 3.8) is 0 Å². The predicted molar refractivity (Wildman–Crippen MR) is 75.8 cm³/mol. The van der Waals surface area contributed by atoms with Gasteiger partial charge in [-0.1, -0.05) is 11.6 Å². The number of hydrogen-bond donors (Lipinski definition) is 1. The van der Waals surface area contributed by atoms with E-state index in [2.05, 4.69) is 25.7 Å². The molecule has 0 aliphatic rings. The molecule has 0 aliphatic carbocycles. The number of esters is 1. The van der Waals surface area contributed by atoms with Crippen molar-refractivity contribution in [3.05, 3.63) is 27.6 Å². The van der Waals surface area contributed by atoms with Gasteiger partial charge in [0.15, 0.2) is 5.15 Å². The average molecular weight is 362 g/mol. The van der Waals surface area contributed by atoms with Crippen LogP contribution in [-0.2, 0) is 27.3 Å². The molecule has 1 N–H and O–H groups in total. The van der Waals surface area contributed by atoms with Gasteiger partial charge in [0.25, 0.3) is 0 Å². The van der Waals surface area contributed by atoms with E-state index in [4.69, 9.17) is 16.7 Å². The molecule has 0 radical (unpaired) electrons. The molecular formula is C12H10BrClN2O4. The summed E-state index contributed by atoms with van der Waals surface area (Å²) in [4.78, 5) is 26.3. The number of carbonyl (C=O) groups is 2. The lowest BCUT2D eigenvalue weighted by atomic mass is 10.1. The summed E-state index contributed by atoms with van der Waals surface area (Å²) < 4.78 is 6.78. The van der Waals surface area contributed by atoms with E-state index in [1.165, 1.54) is 13.3 Å². The Morgan fingerprint density at radius 3 is 2.85 bits per heavy atom. The summed E-state index contributed by atoms with van der Waals surface area (Å²) in [6.45, 7) is -0.0650. The van der Waals surface area contributed by atoms with Crippen LogP contribution in [0.4, 0.5) is 0 Å². The van der Waals surface area contributed by atoms with Crippen LogP contribution in [0.2, 0.25) is 5.15 Å². The molecule has 0 unspecified atom stereocenters. The lowest BCUT2D eigenvalue weighted by molar-refractivity contribution is -0.141. The summed E-state index contributed by atoms with van der Waals surface area (Å²) in [7, 11) is 1.28. The van der Waals surface area contributed by atoms with Crippen LogP contribution >= 0.6 is 27.5 Å². The SMILES string of the molecule is COC(=O)Cn1cc(CC(=O)O)c2c(Br)cnc(Cl)c21. The van der Waals surface area contributed by atoms with Crippen LogP contribution in [0.15, 0.2) is 16.9 Å². The quantitative estimate of drug-likeness (QED) is 0.667. The molecule has 2 aromatic rings. The first-order valence-corrected chi connectivity index (χ1v) is 6.71. The first kappa shape index (κ1) is 14.8. The number of nitrogens with zero attached hydrogens (tertiary/aromatic N) is 2. The minimum absolute atomic E-state index is 0.0650. The molecule has 0 saturated heterocycles. The molecule has 8 heteroatoms. The Bertz CT molecular complexity index is 698. The second-order valence-corrected chi connectivity index (χ2v) is 5.26. The van der Waals surface area contributed by atoms with Gasteiger partial charge >= 0.3 is 11.9 Å². The molecule has 0 fully saturated rings. The van der Waals surface area contributed by atoms with Crippen LogP contribution in [0.25, 0.3) is 10.9 Å². The van der Waals surface area contributed by atoms with E-state index in [-0.39, 0.29) is 18.1 Å². The third kappa shape index (κ3) is 2.78. The number of carboxylic acids is 1. The summed E-state index contributed by atoms with van der Waals surface area (Å²) in [5, 5.41) is 9.79. The van der Waals surface area contributed by atoms with E-state index >= 15 is 0 Å². The number of halogens is 2. The zero-order chi connectivity index (χ0) is 14.9. The molecule has 0 aliphatic heterocycles. The van der Waals surface area contributed by atoms with E-state index in [9.17, 15) is 9.59 Å². The number of carboxylic acid groups (broad SMARTS) is 1. The Labute approximate surface area is 127 Å². The van der Waals surface area contributed by atoms with Crippen molar-refractivity contribution in [1.29, 1.82) is 0 Å². The highest BCUT2D eigenvalue weighted by atomic mass is 79.9. The van der Waals surface area contributed by atoms with Crippen LogP contribution in [0.5, 0.6) is 0 Å². The summed E-state index contributed by atoms with van der Waals surface area (Å²) in [6, 6.07) is 0. The van der Waals surface area contributed by atoms with Crippen LogP contribution in [0, 0.1) is 0 Å². The highest BCUT2D eigenvalue weighted by Gasteiger charge is 2.18. The zero-order valence-electron chi connectivity index (χ0n) is 10.4. The summed E-state index contributed by atoms with van der Waals surface area (Å²) >= 11 is 9.38. The van der Waals surface area contributed by atoms with Gasteiger partial charge in [0.2, 0.25) is 0 Å². The van der Waals surface area contributed by atoms with Crippen molar-refractivity contribution in [1.82, 2.24) is 9.55 Å². The number of hydrogen-bond acceptors (Lipinski definition) is 4. The van der Waals surface area contributed by atoms with Crippen LogP contribution in [-0.4, -0.2) is 33.7 Å². The van der Waals surface area contributed by atoms with Crippen molar-refractivity contribution in [2.75, 3.05) is 7.11 Å². The molecule has 2 heterocycles. The monoisotopic (exact) mass is 360 g/mol. The van der Waals surface area contributed by atoms with Crippen LogP contribution in [0.3, 0.4) is 0 Å². The molecule has 0 bridgehead atoms. The predicted octanol–water partition coefficient (Wildman–Crippen LogP) is 2.25. The number of aromatic nitrogens is 2. The molecule has 0 atom stereocenters. The molecule has 2 rings (SSSR count). The number of rotatable bonds is 4. The Morgan fingerprint density at radius 1 is 1.55 bits per heavy atom. The molecule has 0 aromatic carbocycles. The standard InChI is InChI=1S/C12H10BrClN2O4/c1-20-9(19)5-16-4-6(2-8(17)18)10-7(13)3-15-12(14)11(10)16/h3-4H,2,5H2,1H3,(H,17,18). The number of methoxy groups -OCH3 is 1. The summed E-state index contributed by atoms with van der Waals surface area (Å²) in [5.74, 6) is -1.43. The minimum atomic E-state index is -0.970. The Morgan fingerprint density at radius 2 is 2.25 bits per heavy atom. The van der Waals surface area contributed by atoms with E-state index in [0.29, 0.717) is 20.9 Å². The first-order valence-electron chi connectivity index (χ1n) is 5.54. The fourth-order valence-electron chi connectivity index (χ4n) is 1.97. The topological polar surface area (TPSA) is 81.4 Å². The molecule has 106 valence electrons. The highest BCUT2D eigenvalue weighted by molar-refractivity contribution is 9.10. The summed E-state index contributed by atoms with van der Waals surface area (Å²) in [6.07, 6.45) is 2.90. The van der Waals surface area contributed by atoms with Gasteiger partial charge in [0, 0.05) is 22.3 Å².